The Balaban J connectivity index is 2.29. The minimum atomic E-state index is -0.0256. The van der Waals surface area contributed by atoms with Crippen LogP contribution < -0.4 is 0 Å². The second kappa shape index (κ2) is 8.60. The molecule has 0 fully saturated rings. The monoisotopic (exact) mass is 315 g/mol. The predicted molar refractivity (Wildman–Crippen MR) is 93.9 cm³/mol. The lowest BCUT2D eigenvalue weighted by molar-refractivity contribution is 0.305. The van der Waals surface area contributed by atoms with Crippen molar-refractivity contribution in [2.45, 2.75) is 25.7 Å². The second-order valence-corrected chi connectivity index (χ2v) is 5.55. The first-order valence-electron chi connectivity index (χ1n) is 7.68. The van der Waals surface area contributed by atoms with Crippen molar-refractivity contribution in [1.82, 2.24) is 0 Å². The molecule has 0 aliphatic heterocycles. The van der Waals surface area contributed by atoms with Gasteiger partial charge in [0.2, 0.25) is 0 Å². The van der Waals surface area contributed by atoms with E-state index in [9.17, 15) is 0 Å². The summed E-state index contributed by atoms with van der Waals surface area (Å²) in [6.07, 6.45) is 1.71. The van der Waals surface area contributed by atoms with Crippen LogP contribution in [0.4, 0.5) is 0 Å². The smallest absolute Gasteiger partial charge is 0.188 e. The van der Waals surface area contributed by atoms with Crippen LogP contribution >= 0.6 is 11.6 Å². The van der Waals surface area contributed by atoms with Gasteiger partial charge in [-0.1, -0.05) is 54.6 Å². The van der Waals surface area contributed by atoms with E-state index in [-0.39, 0.29) is 5.92 Å². The van der Waals surface area contributed by atoms with Gasteiger partial charge in [-0.3, -0.25) is 5.41 Å². The Morgan fingerprint density at radius 3 is 2.50 bits per heavy atom. The van der Waals surface area contributed by atoms with Crippen molar-refractivity contribution in [1.29, 1.82) is 5.41 Å². The molecule has 2 rings (SSSR count). The Morgan fingerprint density at radius 1 is 1.09 bits per heavy atom. The highest BCUT2D eigenvalue weighted by molar-refractivity contribution is 6.17. The van der Waals surface area contributed by atoms with Crippen LogP contribution in [0, 0.1) is 5.41 Å². The summed E-state index contributed by atoms with van der Waals surface area (Å²) < 4.78 is 5.44. The van der Waals surface area contributed by atoms with E-state index in [0.717, 1.165) is 18.4 Å². The summed E-state index contributed by atoms with van der Waals surface area (Å²) in [5.74, 6) is 0.911. The van der Waals surface area contributed by atoms with E-state index in [1.807, 2.05) is 31.2 Å². The molecule has 0 aliphatic carbocycles. The quantitative estimate of drug-likeness (QED) is 0.410. The number of rotatable bonds is 7. The number of nitrogens with one attached hydrogen (secondary N) is 1. The SMILES string of the molecule is CCOC(=N)C(CCCCl)c1cccc(-c2ccccc2)c1. The molecule has 0 bridgehead atoms. The van der Waals surface area contributed by atoms with Gasteiger partial charge in [-0.25, -0.2) is 0 Å². The van der Waals surface area contributed by atoms with Crippen LogP contribution in [0.2, 0.25) is 0 Å². The van der Waals surface area contributed by atoms with E-state index in [1.54, 1.807) is 0 Å². The molecule has 22 heavy (non-hydrogen) atoms. The summed E-state index contributed by atoms with van der Waals surface area (Å²) in [7, 11) is 0. The van der Waals surface area contributed by atoms with Crippen molar-refractivity contribution >= 4 is 17.5 Å². The van der Waals surface area contributed by atoms with Crippen molar-refractivity contribution in [2.24, 2.45) is 0 Å². The Morgan fingerprint density at radius 2 is 1.82 bits per heavy atom. The van der Waals surface area contributed by atoms with Crippen LogP contribution in [0.15, 0.2) is 54.6 Å². The third kappa shape index (κ3) is 4.35. The zero-order chi connectivity index (χ0) is 15.8. The lowest BCUT2D eigenvalue weighted by Gasteiger charge is -2.19. The van der Waals surface area contributed by atoms with Gasteiger partial charge < -0.3 is 4.74 Å². The van der Waals surface area contributed by atoms with Gasteiger partial charge in [0.15, 0.2) is 5.90 Å². The first-order chi connectivity index (χ1) is 10.8. The maximum absolute atomic E-state index is 8.17. The van der Waals surface area contributed by atoms with Crippen LogP contribution in [0.1, 0.15) is 31.2 Å². The summed E-state index contributed by atoms with van der Waals surface area (Å²) in [6.45, 7) is 2.43. The zero-order valence-corrected chi connectivity index (χ0v) is 13.6. The molecule has 3 heteroatoms. The molecule has 0 spiro atoms. The molecule has 2 aromatic carbocycles. The molecule has 0 aromatic heterocycles. The molecule has 0 heterocycles. The summed E-state index contributed by atoms with van der Waals surface area (Å²) in [4.78, 5) is 0. The van der Waals surface area contributed by atoms with Gasteiger partial charge in [0, 0.05) is 5.88 Å². The van der Waals surface area contributed by atoms with Crippen molar-refractivity contribution in [3.8, 4) is 11.1 Å². The lowest BCUT2D eigenvalue weighted by atomic mass is 9.91. The minimum absolute atomic E-state index is 0.0256. The molecule has 116 valence electrons. The highest BCUT2D eigenvalue weighted by atomic mass is 35.5. The van der Waals surface area contributed by atoms with Crippen LogP contribution in [0.25, 0.3) is 11.1 Å². The number of hydrogen-bond acceptors (Lipinski definition) is 2. The molecule has 2 aromatic rings. The van der Waals surface area contributed by atoms with E-state index in [1.165, 1.54) is 11.1 Å². The number of hydrogen-bond donors (Lipinski definition) is 1. The largest absolute Gasteiger partial charge is 0.481 e. The average Bonchev–Trinajstić information content (AvgIpc) is 2.57. The lowest BCUT2D eigenvalue weighted by Crippen LogP contribution is -2.15. The molecule has 2 nitrogen and oxygen atoms in total. The van der Waals surface area contributed by atoms with Gasteiger partial charge in [-0.2, -0.15) is 0 Å². The fourth-order valence-corrected chi connectivity index (χ4v) is 2.71. The first-order valence-corrected chi connectivity index (χ1v) is 8.22. The summed E-state index contributed by atoms with van der Waals surface area (Å²) in [6, 6.07) is 18.7. The van der Waals surface area contributed by atoms with Gasteiger partial charge in [0.05, 0.1) is 12.5 Å². The van der Waals surface area contributed by atoms with Crippen molar-refractivity contribution in [3.05, 3.63) is 60.2 Å². The molecule has 0 amide bonds. The maximum Gasteiger partial charge on any atom is 0.188 e. The molecule has 1 atom stereocenters. The van der Waals surface area contributed by atoms with Gasteiger partial charge in [-0.15, -0.1) is 11.6 Å². The Labute approximate surface area is 137 Å². The standard InChI is InChI=1S/C19H22ClNO/c1-2-22-19(21)18(12-7-13-20)17-11-6-10-16(14-17)15-8-4-3-5-9-15/h3-6,8-11,14,18,21H,2,7,12-13H2,1H3. The third-order valence-electron chi connectivity index (χ3n) is 3.64. The normalized spacial score (nSPS) is 11.9. The van der Waals surface area contributed by atoms with Crippen LogP contribution in [-0.2, 0) is 4.74 Å². The van der Waals surface area contributed by atoms with Crippen LogP contribution in [-0.4, -0.2) is 18.4 Å². The van der Waals surface area contributed by atoms with E-state index in [0.29, 0.717) is 18.4 Å². The average molecular weight is 316 g/mol. The molecule has 0 saturated carbocycles. The maximum atomic E-state index is 8.17. The Bertz CT molecular complexity index is 597. The van der Waals surface area contributed by atoms with E-state index < -0.39 is 0 Å². The van der Waals surface area contributed by atoms with Crippen molar-refractivity contribution in [2.75, 3.05) is 12.5 Å². The van der Waals surface area contributed by atoms with E-state index in [4.69, 9.17) is 21.7 Å². The fourth-order valence-electron chi connectivity index (χ4n) is 2.55. The Hall–Kier alpha value is -1.80. The molecule has 1 N–H and O–H groups in total. The summed E-state index contributed by atoms with van der Waals surface area (Å²) >= 11 is 5.83. The van der Waals surface area contributed by atoms with Gasteiger partial charge >= 0.3 is 0 Å². The number of ether oxygens (including phenoxy) is 1. The molecule has 0 saturated heterocycles. The van der Waals surface area contributed by atoms with Crippen LogP contribution in [0.3, 0.4) is 0 Å². The highest BCUT2D eigenvalue weighted by Gasteiger charge is 2.18. The van der Waals surface area contributed by atoms with Crippen LogP contribution in [0.5, 0.6) is 0 Å². The topological polar surface area (TPSA) is 33.1 Å². The predicted octanol–water partition coefficient (Wildman–Crippen LogP) is 5.47. The van der Waals surface area contributed by atoms with Gasteiger partial charge in [0.25, 0.3) is 0 Å². The highest BCUT2D eigenvalue weighted by Crippen LogP contribution is 2.28. The third-order valence-corrected chi connectivity index (χ3v) is 3.91. The van der Waals surface area contributed by atoms with E-state index >= 15 is 0 Å². The second-order valence-electron chi connectivity index (χ2n) is 5.17. The number of benzene rings is 2. The van der Waals surface area contributed by atoms with Gasteiger partial charge in [-0.05, 0) is 36.5 Å². The molecule has 0 aliphatic rings. The summed E-state index contributed by atoms with van der Waals surface area (Å²) in [5, 5.41) is 8.17. The molecular weight excluding hydrogens is 294 g/mol. The molecular formula is C19H22ClNO. The van der Waals surface area contributed by atoms with Crippen molar-refractivity contribution < 1.29 is 4.74 Å². The zero-order valence-electron chi connectivity index (χ0n) is 12.9. The van der Waals surface area contributed by atoms with Gasteiger partial charge in [0.1, 0.15) is 0 Å². The number of alkyl halides is 1. The molecule has 0 radical (unpaired) electrons. The van der Waals surface area contributed by atoms with E-state index in [2.05, 4.69) is 30.3 Å². The minimum Gasteiger partial charge on any atom is -0.481 e. The summed E-state index contributed by atoms with van der Waals surface area (Å²) in [5.41, 5.74) is 3.46. The first kappa shape index (κ1) is 16.6. The number of halogens is 1. The molecule has 1 unspecified atom stereocenters. The fraction of sp³-hybridized carbons (Fsp3) is 0.316. The van der Waals surface area contributed by atoms with Crippen molar-refractivity contribution in [3.63, 3.8) is 0 Å². The Kier molecular flexibility index (Phi) is 6.47.